The normalized spacial score (nSPS) is 19.6. The van der Waals surface area contributed by atoms with Gasteiger partial charge < -0.3 is 9.80 Å². The van der Waals surface area contributed by atoms with E-state index in [9.17, 15) is 4.79 Å². The molecule has 6 heteroatoms. The lowest BCUT2D eigenvalue weighted by Crippen LogP contribution is -2.43. The van der Waals surface area contributed by atoms with Crippen molar-refractivity contribution in [2.75, 3.05) is 46.3 Å². The molecule has 0 atom stereocenters. The molecule has 2 fully saturated rings. The van der Waals surface area contributed by atoms with Crippen LogP contribution in [0.2, 0.25) is 0 Å². The van der Waals surface area contributed by atoms with Gasteiger partial charge in [0.1, 0.15) is 5.01 Å². The van der Waals surface area contributed by atoms with Crippen LogP contribution in [-0.2, 0) is 17.8 Å². The Bertz CT molecular complexity index is 820. The molecule has 0 unspecified atom stereocenters. The summed E-state index contributed by atoms with van der Waals surface area (Å²) in [5.74, 6) is 0.959. The number of hydrogen-bond acceptors (Lipinski definition) is 5. The second-order valence-electron chi connectivity index (χ2n) is 8.66. The Hall–Kier alpha value is -1.76. The average Bonchev–Trinajstić information content (AvgIpc) is 3.19. The van der Waals surface area contributed by atoms with Gasteiger partial charge in [-0.05, 0) is 37.4 Å². The molecule has 1 aromatic heterocycles. The van der Waals surface area contributed by atoms with E-state index in [2.05, 4.69) is 48.0 Å². The molecule has 3 heterocycles. The minimum atomic E-state index is 0.220. The molecule has 2 saturated heterocycles. The van der Waals surface area contributed by atoms with Gasteiger partial charge in [0.2, 0.25) is 5.91 Å². The third-order valence-corrected chi connectivity index (χ3v) is 7.14. The van der Waals surface area contributed by atoms with E-state index in [1.54, 1.807) is 11.3 Å². The van der Waals surface area contributed by atoms with Crippen LogP contribution in [0.25, 0.3) is 10.6 Å². The Morgan fingerprint density at radius 1 is 1.14 bits per heavy atom. The summed E-state index contributed by atoms with van der Waals surface area (Å²) in [5, 5.41) is 3.06. The van der Waals surface area contributed by atoms with E-state index in [4.69, 9.17) is 4.98 Å². The first-order valence-corrected chi connectivity index (χ1v) is 11.7. The van der Waals surface area contributed by atoms with Gasteiger partial charge in [0.15, 0.2) is 0 Å². The number of aromatic nitrogens is 1. The van der Waals surface area contributed by atoms with Gasteiger partial charge in [-0.25, -0.2) is 4.98 Å². The molecule has 2 aliphatic heterocycles. The van der Waals surface area contributed by atoms with Crippen LogP contribution in [0.4, 0.5) is 0 Å². The molecule has 29 heavy (non-hydrogen) atoms. The number of piperazine rings is 1. The van der Waals surface area contributed by atoms with E-state index < -0.39 is 0 Å². The lowest BCUT2D eigenvalue weighted by Gasteiger charge is -2.32. The first-order valence-electron chi connectivity index (χ1n) is 10.8. The van der Waals surface area contributed by atoms with E-state index >= 15 is 0 Å². The topological polar surface area (TPSA) is 39.7 Å². The van der Waals surface area contributed by atoms with Gasteiger partial charge in [0.05, 0.1) is 12.1 Å². The van der Waals surface area contributed by atoms with Crippen LogP contribution in [0.1, 0.15) is 31.0 Å². The fourth-order valence-corrected chi connectivity index (χ4v) is 4.93. The highest BCUT2D eigenvalue weighted by Crippen LogP contribution is 2.26. The first-order chi connectivity index (χ1) is 14.1. The summed E-state index contributed by atoms with van der Waals surface area (Å²) in [6.45, 7) is 9.58. The van der Waals surface area contributed by atoms with Crippen molar-refractivity contribution in [3.8, 4) is 10.6 Å². The van der Waals surface area contributed by atoms with Crippen LogP contribution in [0, 0.1) is 5.92 Å². The monoisotopic (exact) mass is 412 g/mol. The summed E-state index contributed by atoms with van der Waals surface area (Å²) in [6, 6.07) is 8.72. The fourth-order valence-electron chi connectivity index (χ4n) is 4.11. The van der Waals surface area contributed by atoms with Crippen molar-refractivity contribution < 1.29 is 4.79 Å². The van der Waals surface area contributed by atoms with E-state index in [0.29, 0.717) is 6.42 Å². The van der Waals surface area contributed by atoms with Crippen molar-refractivity contribution in [3.05, 3.63) is 40.9 Å². The number of likely N-dealkylation sites (tertiary alicyclic amines) is 1. The summed E-state index contributed by atoms with van der Waals surface area (Å²) in [6.07, 6.45) is 2.66. The minimum Gasteiger partial charge on any atom is -0.342 e. The zero-order chi connectivity index (χ0) is 20.2. The van der Waals surface area contributed by atoms with Gasteiger partial charge in [0.25, 0.3) is 0 Å². The van der Waals surface area contributed by atoms with Crippen LogP contribution in [0.15, 0.2) is 29.6 Å². The third-order valence-electron chi connectivity index (χ3n) is 6.20. The van der Waals surface area contributed by atoms with Crippen molar-refractivity contribution in [2.45, 2.75) is 32.7 Å². The number of carbonyl (C=O) groups is 1. The van der Waals surface area contributed by atoms with Crippen molar-refractivity contribution in [1.82, 2.24) is 19.7 Å². The molecule has 2 aromatic rings. The number of likely N-dealkylation sites (N-methyl/N-ethyl adjacent to an activating group) is 1. The molecule has 4 rings (SSSR count). The SMILES string of the molecule is CC1CCN(C(=O)Cc2csc(-c3cccc(CN4CCN(C)CC4)c3)n2)CC1. The lowest BCUT2D eigenvalue weighted by molar-refractivity contribution is -0.131. The van der Waals surface area contributed by atoms with Gasteiger partial charge >= 0.3 is 0 Å². The van der Waals surface area contributed by atoms with Crippen molar-refractivity contribution in [1.29, 1.82) is 0 Å². The number of thiazole rings is 1. The molecule has 0 aliphatic carbocycles. The van der Waals surface area contributed by atoms with Gasteiger partial charge in [-0.3, -0.25) is 9.69 Å². The molecule has 0 N–H and O–H groups in total. The van der Waals surface area contributed by atoms with E-state index in [1.807, 2.05) is 10.3 Å². The molecule has 156 valence electrons. The minimum absolute atomic E-state index is 0.220. The Labute approximate surface area is 178 Å². The van der Waals surface area contributed by atoms with Crippen LogP contribution >= 0.6 is 11.3 Å². The van der Waals surface area contributed by atoms with Crippen LogP contribution < -0.4 is 0 Å². The predicted octanol–water partition coefficient (Wildman–Crippen LogP) is 3.36. The maximum atomic E-state index is 12.6. The quantitative estimate of drug-likeness (QED) is 0.755. The molecule has 5 nitrogen and oxygen atoms in total. The summed E-state index contributed by atoms with van der Waals surface area (Å²) < 4.78 is 0. The molecule has 0 radical (unpaired) electrons. The van der Waals surface area contributed by atoms with Gasteiger partial charge in [-0.15, -0.1) is 11.3 Å². The molecule has 0 spiro atoms. The number of nitrogens with zero attached hydrogens (tertiary/aromatic N) is 4. The van der Waals surface area contributed by atoms with Gasteiger partial charge in [0, 0.05) is 56.8 Å². The maximum absolute atomic E-state index is 12.6. The largest absolute Gasteiger partial charge is 0.342 e. The molecular weight excluding hydrogens is 380 g/mol. The van der Waals surface area contributed by atoms with Gasteiger partial charge in [-0.1, -0.05) is 25.1 Å². The summed E-state index contributed by atoms with van der Waals surface area (Å²) in [7, 11) is 2.19. The highest BCUT2D eigenvalue weighted by atomic mass is 32.1. The Kier molecular flexibility index (Phi) is 6.63. The molecule has 2 aliphatic rings. The summed E-state index contributed by atoms with van der Waals surface area (Å²) in [5.41, 5.74) is 3.40. The third kappa shape index (κ3) is 5.44. The number of carbonyl (C=O) groups excluding carboxylic acids is 1. The highest BCUT2D eigenvalue weighted by molar-refractivity contribution is 7.13. The zero-order valence-electron chi connectivity index (χ0n) is 17.6. The number of hydrogen-bond donors (Lipinski definition) is 0. The van der Waals surface area contributed by atoms with Gasteiger partial charge in [-0.2, -0.15) is 0 Å². The van der Waals surface area contributed by atoms with E-state index in [1.165, 1.54) is 5.56 Å². The Morgan fingerprint density at radius 3 is 2.66 bits per heavy atom. The number of rotatable bonds is 5. The Balaban J connectivity index is 1.37. The summed E-state index contributed by atoms with van der Waals surface area (Å²) >= 11 is 1.64. The maximum Gasteiger partial charge on any atom is 0.228 e. The molecule has 1 aromatic carbocycles. The van der Waals surface area contributed by atoms with Crippen molar-refractivity contribution in [2.24, 2.45) is 5.92 Å². The average molecular weight is 413 g/mol. The standard InChI is InChI=1S/C23H32N4OS/c1-18-6-8-27(9-7-18)22(28)15-21-17-29-23(24-21)20-5-3-4-19(14-20)16-26-12-10-25(2)11-13-26/h3-5,14,17-18H,6-13,15-16H2,1-2H3. The predicted molar refractivity (Wildman–Crippen MR) is 119 cm³/mol. The smallest absolute Gasteiger partial charge is 0.228 e. The number of amides is 1. The lowest BCUT2D eigenvalue weighted by atomic mass is 9.99. The van der Waals surface area contributed by atoms with Crippen molar-refractivity contribution >= 4 is 17.2 Å². The zero-order valence-corrected chi connectivity index (χ0v) is 18.5. The highest BCUT2D eigenvalue weighted by Gasteiger charge is 2.21. The van der Waals surface area contributed by atoms with Crippen molar-refractivity contribution in [3.63, 3.8) is 0 Å². The number of benzene rings is 1. The molecular formula is C23H32N4OS. The fraction of sp³-hybridized carbons (Fsp3) is 0.565. The molecule has 0 bridgehead atoms. The van der Waals surface area contributed by atoms with Crippen LogP contribution in [0.3, 0.4) is 0 Å². The van der Waals surface area contributed by atoms with E-state index in [-0.39, 0.29) is 5.91 Å². The second-order valence-corrected chi connectivity index (χ2v) is 9.52. The van der Waals surface area contributed by atoms with Crippen LogP contribution in [0.5, 0.6) is 0 Å². The summed E-state index contributed by atoms with van der Waals surface area (Å²) in [4.78, 5) is 24.3. The van der Waals surface area contributed by atoms with E-state index in [0.717, 1.165) is 80.8 Å². The second kappa shape index (κ2) is 9.37. The first kappa shape index (κ1) is 20.5. The molecule has 1 amide bonds. The Morgan fingerprint density at radius 2 is 1.90 bits per heavy atom. The van der Waals surface area contributed by atoms with Crippen LogP contribution in [-0.4, -0.2) is 71.9 Å². The molecule has 0 saturated carbocycles. The number of piperidine rings is 1.